The van der Waals surface area contributed by atoms with Crippen LogP contribution in [0.3, 0.4) is 0 Å². The van der Waals surface area contributed by atoms with Crippen LogP contribution in [0.15, 0.2) is 48.6 Å². The van der Waals surface area contributed by atoms with E-state index in [9.17, 15) is 9.59 Å². The largest absolute Gasteiger partial charge is 0.300 e. The summed E-state index contributed by atoms with van der Waals surface area (Å²) in [5.41, 5.74) is 3.02. The van der Waals surface area contributed by atoms with E-state index in [2.05, 4.69) is 58.2 Å². The van der Waals surface area contributed by atoms with Crippen LogP contribution in [0, 0.1) is 5.92 Å². The van der Waals surface area contributed by atoms with Gasteiger partial charge >= 0.3 is 0 Å². The van der Waals surface area contributed by atoms with Gasteiger partial charge in [0.05, 0.1) is 0 Å². The highest BCUT2D eigenvalue weighted by molar-refractivity contribution is 6.11. The van der Waals surface area contributed by atoms with E-state index < -0.39 is 0 Å². The van der Waals surface area contributed by atoms with Crippen molar-refractivity contribution < 1.29 is 9.59 Å². The van der Waals surface area contributed by atoms with Crippen LogP contribution in [0.1, 0.15) is 104 Å². The van der Waals surface area contributed by atoms with Crippen molar-refractivity contribution >= 4 is 21.8 Å². The first-order valence-corrected chi connectivity index (χ1v) is 13.6. The van der Waals surface area contributed by atoms with Crippen LogP contribution in [-0.4, -0.2) is 21.8 Å². The van der Waals surface area contributed by atoms with Crippen LogP contribution in [-0.2, 0) is 9.59 Å². The fourth-order valence-corrected chi connectivity index (χ4v) is 4.07. The van der Waals surface area contributed by atoms with Gasteiger partial charge in [-0.3, -0.25) is 9.59 Å². The third kappa shape index (κ3) is 19.0. The van der Waals surface area contributed by atoms with E-state index in [-0.39, 0.29) is 11.6 Å². The predicted octanol–water partition coefficient (Wildman–Crippen LogP) is 7.25. The molecule has 0 saturated heterocycles. The lowest BCUT2D eigenvalue weighted by Crippen LogP contribution is -2.06. The van der Waals surface area contributed by atoms with Gasteiger partial charge < -0.3 is 0 Å². The fourth-order valence-electron chi connectivity index (χ4n) is 3.50. The molecule has 0 unspecified atom stereocenters. The second-order valence-corrected chi connectivity index (χ2v) is 11.1. The number of carbonyl (C=O) groups is 2. The molecule has 0 aromatic heterocycles. The minimum absolute atomic E-state index is 0.122. The van der Waals surface area contributed by atoms with Crippen LogP contribution in [0.5, 0.6) is 0 Å². The maximum atomic E-state index is 12.0. The molecule has 0 bridgehead atoms. The maximum absolute atomic E-state index is 12.0. The van der Waals surface area contributed by atoms with E-state index in [1.54, 1.807) is 0 Å². The van der Waals surface area contributed by atoms with Crippen molar-refractivity contribution in [1.82, 2.24) is 0 Å². The van der Waals surface area contributed by atoms with Gasteiger partial charge in [0.1, 0.15) is 5.78 Å². The smallest absolute Gasteiger partial charge is 0.158 e. The van der Waals surface area contributed by atoms with E-state index in [1.165, 1.54) is 35.1 Å². The highest BCUT2D eigenvalue weighted by atomic mass is 28.1. The molecule has 0 aliphatic carbocycles. The van der Waals surface area contributed by atoms with Gasteiger partial charge in [-0.1, -0.05) is 75.8 Å². The van der Waals surface area contributed by atoms with E-state index in [1.807, 2.05) is 0 Å². The summed E-state index contributed by atoms with van der Waals surface area (Å²) in [6, 6.07) is 0. The summed E-state index contributed by atoms with van der Waals surface area (Å²) in [7, 11) is 1.28. The molecule has 0 amide bonds. The van der Waals surface area contributed by atoms with Crippen LogP contribution in [0.4, 0.5) is 0 Å². The van der Waals surface area contributed by atoms with Gasteiger partial charge in [0.25, 0.3) is 0 Å². The summed E-state index contributed by atoms with van der Waals surface area (Å²) in [5, 5.41) is 0. The number of carbonyl (C=O) groups excluding carboxylic acids is 2. The Hall–Kier alpha value is -1.48. The number of hydrogen-bond donors (Lipinski definition) is 0. The third-order valence-electron chi connectivity index (χ3n) is 5.60. The molecule has 0 aliphatic heterocycles. The molecule has 0 rings (SSSR count). The molecule has 3 heteroatoms. The van der Waals surface area contributed by atoms with Gasteiger partial charge in [-0.05, 0) is 69.3 Å². The van der Waals surface area contributed by atoms with E-state index in [0.29, 0.717) is 37.2 Å². The molecule has 31 heavy (non-hydrogen) atoms. The summed E-state index contributed by atoms with van der Waals surface area (Å²) in [6.45, 7) is 14.5. The van der Waals surface area contributed by atoms with Crippen LogP contribution in [0.25, 0.3) is 0 Å². The lowest BCUT2D eigenvalue weighted by atomic mass is 9.97. The van der Waals surface area contributed by atoms with E-state index >= 15 is 0 Å². The molecule has 0 aromatic rings. The first kappa shape index (κ1) is 29.5. The monoisotopic (exact) mass is 444 g/mol. The minimum Gasteiger partial charge on any atom is -0.300 e. The Morgan fingerprint density at radius 2 is 1.45 bits per heavy atom. The molecule has 0 aliphatic rings. The molecule has 2 nitrogen and oxygen atoms in total. The molecule has 0 aromatic carbocycles. The minimum atomic E-state index is 0.122. The van der Waals surface area contributed by atoms with Crippen molar-refractivity contribution in [3.05, 3.63) is 48.6 Å². The molecule has 176 valence electrons. The number of Topliss-reactive ketones (excluding diaryl/α,β-unsaturated/α-hetero) is 2. The van der Waals surface area contributed by atoms with Crippen LogP contribution >= 0.6 is 0 Å². The van der Waals surface area contributed by atoms with Gasteiger partial charge in [0.15, 0.2) is 5.78 Å². The van der Waals surface area contributed by atoms with Gasteiger partial charge in [-0.15, -0.1) is 0 Å². The summed E-state index contributed by atoms with van der Waals surface area (Å²) in [4.78, 5) is 23.9. The number of allylic oxidation sites excluding steroid dienone is 6. The number of hydrogen-bond acceptors (Lipinski definition) is 2. The quantitative estimate of drug-likeness (QED) is 0.0651. The van der Waals surface area contributed by atoms with E-state index in [4.69, 9.17) is 0 Å². The van der Waals surface area contributed by atoms with Crippen molar-refractivity contribution in [3.63, 3.8) is 0 Å². The average Bonchev–Trinajstić information content (AvgIpc) is 2.71. The van der Waals surface area contributed by atoms with Gasteiger partial charge in [0, 0.05) is 29.5 Å². The average molecular weight is 445 g/mol. The maximum Gasteiger partial charge on any atom is 0.158 e. The predicted molar refractivity (Wildman–Crippen MR) is 141 cm³/mol. The number of rotatable bonds is 20. The molecule has 0 saturated carbocycles. The summed E-state index contributed by atoms with van der Waals surface area (Å²) in [6.07, 6.45) is 20.7. The second-order valence-electron chi connectivity index (χ2n) is 9.48. The first-order valence-electron chi connectivity index (χ1n) is 12.5. The Morgan fingerprint density at radius 1 is 0.839 bits per heavy atom. The molecule has 0 heterocycles. The van der Waals surface area contributed by atoms with Gasteiger partial charge in [-0.2, -0.15) is 0 Å². The molecule has 0 N–H and O–H groups in total. The van der Waals surface area contributed by atoms with Crippen molar-refractivity contribution in [2.75, 3.05) is 0 Å². The zero-order valence-corrected chi connectivity index (χ0v) is 22.9. The van der Waals surface area contributed by atoms with E-state index in [0.717, 1.165) is 44.1 Å². The van der Waals surface area contributed by atoms with Crippen molar-refractivity contribution in [2.24, 2.45) is 5.92 Å². The number of ketones is 2. The molecule has 0 spiro atoms. The van der Waals surface area contributed by atoms with Crippen LogP contribution in [0.2, 0.25) is 5.54 Å². The normalized spacial score (nSPS) is 12.8. The zero-order chi connectivity index (χ0) is 23.5. The van der Waals surface area contributed by atoms with Crippen LogP contribution < -0.4 is 0 Å². The van der Waals surface area contributed by atoms with Crippen molar-refractivity contribution in [3.8, 4) is 0 Å². The Bertz CT molecular complexity index is 598. The topological polar surface area (TPSA) is 34.1 Å². The fraction of sp³-hybridized carbons (Fsp3) is 0.643. The Kier molecular flexibility index (Phi) is 18.3. The Balaban J connectivity index is 3.66. The number of unbranched alkanes of at least 4 members (excludes halogenated alkanes) is 3. The Morgan fingerprint density at radius 3 is 2.06 bits per heavy atom. The molecule has 0 radical (unpaired) electrons. The SMILES string of the molecule is C=C(CCC/C=C/C=C/CCCCC(=O)CCCC(=O)C(=C)CC(C)C)C[C@H]([SiH3])CC. The van der Waals surface area contributed by atoms with Gasteiger partial charge in [0.2, 0.25) is 0 Å². The highest BCUT2D eigenvalue weighted by Crippen LogP contribution is 2.20. The second kappa shape index (κ2) is 19.2. The molecular weight excluding hydrogens is 396 g/mol. The Labute approximate surface area is 195 Å². The lowest BCUT2D eigenvalue weighted by molar-refractivity contribution is -0.119. The van der Waals surface area contributed by atoms with Crippen molar-refractivity contribution in [2.45, 2.75) is 110 Å². The lowest BCUT2D eigenvalue weighted by Gasteiger charge is -2.10. The zero-order valence-electron chi connectivity index (χ0n) is 20.9. The molecular formula is C28H48O2Si. The third-order valence-corrected chi connectivity index (χ3v) is 6.83. The molecule has 0 fully saturated rings. The summed E-state index contributed by atoms with van der Waals surface area (Å²) >= 11 is 0. The summed E-state index contributed by atoms with van der Waals surface area (Å²) < 4.78 is 0. The first-order chi connectivity index (χ1) is 14.8. The molecule has 1 atom stereocenters. The van der Waals surface area contributed by atoms with Crippen molar-refractivity contribution in [1.29, 1.82) is 0 Å². The summed E-state index contributed by atoms with van der Waals surface area (Å²) in [5.74, 6) is 0.856. The standard InChI is InChI=1S/C28H48O2Si/c1-6-27(31)22-24(4)17-14-12-10-8-7-9-11-13-15-18-26(29)19-16-20-28(30)25(5)21-23(2)3/h7-10,23,27H,4-6,11-22H2,1-3,31H3/b9-7+,10-8+/t27-/m1/s1. The highest BCUT2D eigenvalue weighted by Gasteiger charge is 2.10. The van der Waals surface area contributed by atoms with Gasteiger partial charge in [-0.25, -0.2) is 0 Å².